The molecule has 5 heteroatoms. The Morgan fingerprint density at radius 2 is 1.94 bits per heavy atom. The van der Waals surface area contributed by atoms with Gasteiger partial charge in [-0.2, -0.15) is 0 Å². The maximum atomic E-state index is 13.3. The fourth-order valence-electron chi connectivity index (χ4n) is 5.58. The minimum Gasteiger partial charge on any atom is -0.389 e. The van der Waals surface area contributed by atoms with Gasteiger partial charge in [-0.15, -0.1) is 0 Å². The molecule has 1 aromatic heterocycles. The van der Waals surface area contributed by atoms with Gasteiger partial charge in [-0.05, 0) is 87.0 Å². The molecular formula is C27H32FN3O. The van der Waals surface area contributed by atoms with E-state index in [4.69, 9.17) is 0 Å². The lowest BCUT2D eigenvalue weighted by Gasteiger charge is -2.48. The predicted molar refractivity (Wildman–Crippen MR) is 127 cm³/mol. The normalized spacial score (nSPS) is 24.9. The molecule has 1 heterocycles. The van der Waals surface area contributed by atoms with E-state index in [-0.39, 0.29) is 11.7 Å². The monoisotopic (exact) mass is 433 g/mol. The summed E-state index contributed by atoms with van der Waals surface area (Å²) in [7, 11) is 2.14. The number of aryl methyl sites for hydroxylation is 1. The molecule has 0 spiro atoms. The second-order valence-electron chi connectivity index (χ2n) is 9.67. The van der Waals surface area contributed by atoms with Crippen LogP contribution in [0.2, 0.25) is 0 Å². The maximum Gasteiger partial charge on any atom is 0.123 e. The Morgan fingerprint density at radius 3 is 2.69 bits per heavy atom. The number of imidazole rings is 1. The van der Waals surface area contributed by atoms with Crippen molar-refractivity contribution in [3.8, 4) is 0 Å². The molecular weight excluding hydrogens is 401 g/mol. The molecule has 0 radical (unpaired) electrons. The third-order valence-corrected chi connectivity index (χ3v) is 7.43. The van der Waals surface area contributed by atoms with Gasteiger partial charge in [-0.25, -0.2) is 9.37 Å². The number of aromatic amines is 1. The van der Waals surface area contributed by atoms with Crippen molar-refractivity contribution in [2.75, 3.05) is 20.1 Å². The van der Waals surface area contributed by atoms with E-state index >= 15 is 0 Å². The number of aromatic nitrogens is 2. The van der Waals surface area contributed by atoms with Crippen molar-refractivity contribution in [2.45, 2.75) is 44.1 Å². The van der Waals surface area contributed by atoms with Crippen molar-refractivity contribution in [3.05, 3.63) is 71.8 Å². The molecule has 2 N–H and O–H groups in total. The van der Waals surface area contributed by atoms with Gasteiger partial charge in [0.15, 0.2) is 0 Å². The molecule has 6 rings (SSSR count). The quantitative estimate of drug-likeness (QED) is 0.513. The molecule has 2 bridgehead atoms. The largest absolute Gasteiger partial charge is 0.389 e. The Hall–Kier alpha value is -2.50. The van der Waals surface area contributed by atoms with Crippen molar-refractivity contribution < 1.29 is 9.50 Å². The number of H-pyrrole nitrogens is 1. The SMILES string of the molecule is CN(CCCc1nc2ccccc2[nH]1)CCC1(O)C[C@@H]2CCC1C=C2c1ccc(F)cc1. The molecule has 3 aliphatic carbocycles. The van der Waals surface area contributed by atoms with Crippen LogP contribution in [0, 0.1) is 17.7 Å². The van der Waals surface area contributed by atoms with E-state index in [2.05, 4.69) is 34.1 Å². The summed E-state index contributed by atoms with van der Waals surface area (Å²) in [6.45, 7) is 1.87. The van der Waals surface area contributed by atoms with Crippen LogP contribution in [0.15, 0.2) is 54.6 Å². The first-order chi connectivity index (χ1) is 15.5. The summed E-state index contributed by atoms with van der Waals surface area (Å²) in [4.78, 5) is 10.4. The highest BCUT2D eigenvalue weighted by molar-refractivity contribution is 5.74. The molecule has 3 atom stereocenters. The minimum atomic E-state index is -0.626. The van der Waals surface area contributed by atoms with Crippen molar-refractivity contribution in [1.82, 2.24) is 14.9 Å². The zero-order chi connectivity index (χ0) is 22.1. The van der Waals surface area contributed by atoms with Gasteiger partial charge in [0.2, 0.25) is 0 Å². The molecule has 32 heavy (non-hydrogen) atoms. The van der Waals surface area contributed by atoms with Crippen molar-refractivity contribution in [1.29, 1.82) is 0 Å². The smallest absolute Gasteiger partial charge is 0.123 e. The van der Waals surface area contributed by atoms with Crippen LogP contribution in [0.1, 0.15) is 43.5 Å². The zero-order valence-electron chi connectivity index (χ0n) is 18.7. The lowest BCUT2D eigenvalue weighted by atomic mass is 9.61. The number of hydrogen-bond donors (Lipinski definition) is 2. The molecule has 0 amide bonds. The molecule has 168 valence electrons. The maximum absolute atomic E-state index is 13.3. The summed E-state index contributed by atoms with van der Waals surface area (Å²) >= 11 is 0. The van der Waals surface area contributed by atoms with E-state index < -0.39 is 5.60 Å². The van der Waals surface area contributed by atoms with Gasteiger partial charge in [0.05, 0.1) is 16.6 Å². The van der Waals surface area contributed by atoms with Crippen LogP contribution in [0.25, 0.3) is 16.6 Å². The van der Waals surface area contributed by atoms with Crippen LogP contribution in [-0.4, -0.2) is 45.7 Å². The average Bonchev–Trinajstić information content (AvgIpc) is 3.21. The number of para-hydroxylation sites is 2. The summed E-state index contributed by atoms with van der Waals surface area (Å²) in [6.07, 6.45) is 8.00. The van der Waals surface area contributed by atoms with Gasteiger partial charge in [-0.1, -0.05) is 30.3 Å². The predicted octanol–water partition coefficient (Wildman–Crippen LogP) is 5.20. The van der Waals surface area contributed by atoms with Crippen LogP contribution in [-0.2, 0) is 6.42 Å². The first-order valence-electron chi connectivity index (χ1n) is 11.8. The number of halogens is 1. The highest BCUT2D eigenvalue weighted by atomic mass is 19.1. The fourth-order valence-corrected chi connectivity index (χ4v) is 5.58. The zero-order valence-corrected chi connectivity index (χ0v) is 18.7. The minimum absolute atomic E-state index is 0.191. The topological polar surface area (TPSA) is 52.2 Å². The van der Waals surface area contributed by atoms with Crippen LogP contribution < -0.4 is 0 Å². The highest BCUT2D eigenvalue weighted by Crippen LogP contribution is 2.51. The Bertz CT molecular complexity index is 1070. The Kier molecular flexibility index (Phi) is 5.87. The van der Waals surface area contributed by atoms with Gasteiger partial charge < -0.3 is 15.0 Å². The Labute approximate surface area is 189 Å². The Morgan fingerprint density at radius 1 is 1.12 bits per heavy atom. The molecule has 1 saturated carbocycles. The molecule has 3 aliphatic rings. The number of hydrogen-bond acceptors (Lipinski definition) is 3. The van der Waals surface area contributed by atoms with Gasteiger partial charge in [0.25, 0.3) is 0 Å². The summed E-state index contributed by atoms with van der Waals surface area (Å²) in [5, 5.41) is 11.5. The van der Waals surface area contributed by atoms with E-state index in [1.165, 1.54) is 17.7 Å². The molecule has 0 aliphatic heterocycles. The van der Waals surface area contributed by atoms with E-state index in [9.17, 15) is 9.50 Å². The van der Waals surface area contributed by atoms with Crippen LogP contribution >= 0.6 is 0 Å². The number of nitrogens with zero attached hydrogens (tertiary/aromatic N) is 2. The van der Waals surface area contributed by atoms with Crippen LogP contribution in [0.4, 0.5) is 4.39 Å². The standard InChI is InChI=1S/C27H32FN3O/c1-31(15-4-7-26-29-24-5-2-3-6-25(24)30-26)16-14-27(32)18-20-8-11-21(27)17-23(20)19-9-12-22(28)13-10-19/h2-3,5-6,9-10,12-13,17,20-21,32H,4,7-8,11,14-16,18H2,1H3,(H,29,30)/t20-,21?,27?/m0/s1. The number of benzene rings is 2. The lowest BCUT2D eigenvalue weighted by Crippen LogP contribution is -2.48. The number of nitrogens with one attached hydrogen (secondary N) is 1. The summed E-state index contributed by atoms with van der Waals surface area (Å²) in [5.74, 6) is 1.40. The third kappa shape index (κ3) is 4.37. The molecule has 1 fully saturated rings. The van der Waals surface area contributed by atoms with Crippen LogP contribution in [0.3, 0.4) is 0 Å². The molecule has 2 unspecified atom stereocenters. The van der Waals surface area contributed by atoms with Crippen molar-refractivity contribution >= 4 is 16.6 Å². The second-order valence-corrected chi connectivity index (χ2v) is 9.67. The molecule has 2 aromatic carbocycles. The second kappa shape index (κ2) is 8.80. The number of fused-ring (bicyclic) bond motifs is 3. The van der Waals surface area contributed by atoms with Gasteiger partial charge in [0, 0.05) is 18.9 Å². The summed E-state index contributed by atoms with van der Waals surface area (Å²) in [5.41, 5.74) is 3.90. The van der Waals surface area contributed by atoms with E-state index in [1.807, 2.05) is 30.3 Å². The summed E-state index contributed by atoms with van der Waals surface area (Å²) < 4.78 is 13.3. The first kappa shape index (κ1) is 21.4. The molecule has 4 nitrogen and oxygen atoms in total. The van der Waals surface area contributed by atoms with Gasteiger partial charge >= 0.3 is 0 Å². The highest BCUT2D eigenvalue weighted by Gasteiger charge is 2.46. The van der Waals surface area contributed by atoms with Gasteiger partial charge in [0.1, 0.15) is 11.6 Å². The van der Waals surface area contributed by atoms with E-state index in [0.29, 0.717) is 5.92 Å². The Balaban J connectivity index is 1.14. The average molecular weight is 434 g/mol. The molecule has 3 aromatic rings. The first-order valence-corrected chi connectivity index (χ1v) is 11.8. The van der Waals surface area contributed by atoms with E-state index in [0.717, 1.165) is 74.0 Å². The van der Waals surface area contributed by atoms with Crippen LogP contribution in [0.5, 0.6) is 0 Å². The number of rotatable bonds is 8. The molecule has 0 saturated heterocycles. The summed E-state index contributed by atoms with van der Waals surface area (Å²) in [6, 6.07) is 14.9. The van der Waals surface area contributed by atoms with Gasteiger partial charge in [-0.3, -0.25) is 0 Å². The van der Waals surface area contributed by atoms with Crippen molar-refractivity contribution in [2.24, 2.45) is 11.8 Å². The number of allylic oxidation sites excluding steroid dienone is 1. The fraction of sp³-hybridized carbons (Fsp3) is 0.444. The van der Waals surface area contributed by atoms with E-state index in [1.54, 1.807) is 0 Å². The third-order valence-electron chi connectivity index (χ3n) is 7.43. The van der Waals surface area contributed by atoms with Crippen molar-refractivity contribution in [3.63, 3.8) is 0 Å². The lowest BCUT2D eigenvalue weighted by molar-refractivity contribution is -0.0574. The number of aliphatic hydroxyl groups is 1.